The molecule has 5 heteroatoms. The highest BCUT2D eigenvalue weighted by Gasteiger charge is 2.36. The number of aryl methyl sites for hydroxylation is 1. The number of guanidine groups is 1. The van der Waals surface area contributed by atoms with Gasteiger partial charge < -0.3 is 20.1 Å². The van der Waals surface area contributed by atoms with Crippen molar-refractivity contribution in [2.45, 2.75) is 39.2 Å². The molecule has 1 saturated carbocycles. The Bertz CT molecular complexity index is 554. The molecule has 0 unspecified atom stereocenters. The van der Waals surface area contributed by atoms with Gasteiger partial charge in [0, 0.05) is 39.4 Å². The maximum absolute atomic E-state index is 5.46. The Labute approximate surface area is 145 Å². The van der Waals surface area contributed by atoms with Crippen LogP contribution in [0.2, 0.25) is 0 Å². The zero-order valence-corrected chi connectivity index (χ0v) is 15.4. The van der Waals surface area contributed by atoms with Crippen LogP contribution in [0.25, 0.3) is 0 Å². The molecular weight excluding hydrogens is 302 g/mol. The molecular formula is C19H31N3O2. The largest absolute Gasteiger partial charge is 0.496 e. The van der Waals surface area contributed by atoms with Gasteiger partial charge in [0.25, 0.3) is 0 Å². The highest BCUT2D eigenvalue weighted by molar-refractivity contribution is 5.79. The number of rotatable bonds is 8. The first-order valence-electron chi connectivity index (χ1n) is 8.69. The van der Waals surface area contributed by atoms with Crippen LogP contribution < -0.4 is 15.4 Å². The third kappa shape index (κ3) is 4.87. The van der Waals surface area contributed by atoms with E-state index in [0.29, 0.717) is 12.0 Å². The highest BCUT2D eigenvalue weighted by Crippen LogP contribution is 2.43. The molecule has 0 aliphatic heterocycles. The first-order chi connectivity index (χ1) is 11.6. The number of ether oxygens (including phenoxy) is 2. The molecule has 0 bridgehead atoms. The Kier molecular flexibility index (Phi) is 6.91. The molecule has 0 saturated heterocycles. The van der Waals surface area contributed by atoms with Crippen LogP contribution in [0.3, 0.4) is 0 Å². The van der Waals surface area contributed by atoms with E-state index in [1.807, 2.05) is 7.05 Å². The second-order valence-electron chi connectivity index (χ2n) is 6.69. The van der Waals surface area contributed by atoms with Crippen molar-refractivity contribution >= 4 is 5.96 Å². The predicted octanol–water partition coefficient (Wildman–Crippen LogP) is 2.88. The van der Waals surface area contributed by atoms with Gasteiger partial charge >= 0.3 is 0 Å². The number of nitrogens with one attached hydrogen (secondary N) is 2. The van der Waals surface area contributed by atoms with Gasteiger partial charge in [0.2, 0.25) is 0 Å². The Hall–Kier alpha value is -1.75. The lowest BCUT2D eigenvalue weighted by atomic mass is 9.67. The number of hydrogen-bond acceptors (Lipinski definition) is 3. The van der Waals surface area contributed by atoms with Crippen molar-refractivity contribution in [2.24, 2.45) is 10.4 Å². The van der Waals surface area contributed by atoms with Gasteiger partial charge in [-0.05, 0) is 43.2 Å². The van der Waals surface area contributed by atoms with E-state index in [2.05, 4.69) is 40.7 Å². The molecule has 0 heterocycles. The monoisotopic (exact) mass is 333 g/mol. The topological polar surface area (TPSA) is 54.9 Å². The first-order valence-corrected chi connectivity index (χ1v) is 8.69. The fourth-order valence-corrected chi connectivity index (χ4v) is 3.18. The molecule has 1 aromatic rings. The molecule has 1 aliphatic carbocycles. The second kappa shape index (κ2) is 8.92. The zero-order valence-electron chi connectivity index (χ0n) is 15.4. The van der Waals surface area contributed by atoms with Gasteiger partial charge in [-0.2, -0.15) is 0 Å². The minimum Gasteiger partial charge on any atom is -0.496 e. The minimum absolute atomic E-state index is 0.370. The van der Waals surface area contributed by atoms with Gasteiger partial charge in [-0.3, -0.25) is 4.99 Å². The molecule has 24 heavy (non-hydrogen) atoms. The van der Waals surface area contributed by atoms with Crippen LogP contribution in [-0.4, -0.2) is 40.4 Å². The van der Waals surface area contributed by atoms with Gasteiger partial charge in [-0.25, -0.2) is 0 Å². The Morgan fingerprint density at radius 1 is 1.25 bits per heavy atom. The fraction of sp³-hybridized carbons (Fsp3) is 0.632. The summed E-state index contributed by atoms with van der Waals surface area (Å²) in [6.45, 7) is 4.53. The van der Waals surface area contributed by atoms with Crippen LogP contribution in [0.1, 0.15) is 36.8 Å². The van der Waals surface area contributed by atoms with E-state index in [0.717, 1.165) is 36.8 Å². The van der Waals surface area contributed by atoms with E-state index >= 15 is 0 Å². The van der Waals surface area contributed by atoms with Crippen molar-refractivity contribution in [2.75, 3.05) is 34.4 Å². The standard InChI is InChI=1S/C19H31N3O2/c1-15-6-7-16(17(12-15)24-4)13-21-18(20-2)22-14-19(8-5-9-19)10-11-23-3/h6-7,12H,5,8-11,13-14H2,1-4H3,(H2,20,21,22). The maximum Gasteiger partial charge on any atom is 0.191 e. The lowest BCUT2D eigenvalue weighted by Crippen LogP contribution is -2.46. The normalized spacial score (nSPS) is 16.4. The molecule has 0 spiro atoms. The summed E-state index contributed by atoms with van der Waals surface area (Å²) >= 11 is 0. The zero-order chi connectivity index (χ0) is 17.4. The van der Waals surface area contributed by atoms with E-state index in [1.54, 1.807) is 14.2 Å². The number of nitrogens with zero attached hydrogens (tertiary/aromatic N) is 1. The number of aliphatic imine (C=N–C) groups is 1. The Morgan fingerprint density at radius 2 is 2.04 bits per heavy atom. The summed E-state index contributed by atoms with van der Waals surface area (Å²) in [6, 6.07) is 6.26. The summed E-state index contributed by atoms with van der Waals surface area (Å²) in [5.41, 5.74) is 2.70. The van der Waals surface area contributed by atoms with Crippen LogP contribution >= 0.6 is 0 Å². The summed E-state index contributed by atoms with van der Waals surface area (Å²) in [5, 5.41) is 6.87. The highest BCUT2D eigenvalue weighted by atomic mass is 16.5. The summed E-state index contributed by atoms with van der Waals surface area (Å²) in [7, 11) is 5.29. The fourth-order valence-electron chi connectivity index (χ4n) is 3.18. The van der Waals surface area contributed by atoms with E-state index in [9.17, 15) is 0 Å². The number of methoxy groups -OCH3 is 2. The molecule has 5 nitrogen and oxygen atoms in total. The van der Waals surface area contributed by atoms with Crippen molar-refractivity contribution in [1.29, 1.82) is 0 Å². The van der Waals surface area contributed by atoms with Gasteiger partial charge in [0.1, 0.15) is 5.75 Å². The molecule has 134 valence electrons. The molecule has 2 rings (SSSR count). The van der Waals surface area contributed by atoms with Crippen molar-refractivity contribution in [3.8, 4) is 5.75 Å². The van der Waals surface area contributed by atoms with Crippen molar-refractivity contribution in [3.63, 3.8) is 0 Å². The third-order valence-corrected chi connectivity index (χ3v) is 4.99. The van der Waals surface area contributed by atoms with E-state index in [1.165, 1.54) is 24.8 Å². The lowest BCUT2D eigenvalue weighted by Gasteiger charge is -2.42. The predicted molar refractivity (Wildman–Crippen MR) is 98.7 cm³/mol. The SMILES string of the molecule is CN=C(NCc1ccc(C)cc1OC)NCC1(CCOC)CCC1. The molecule has 0 atom stereocenters. The minimum atomic E-state index is 0.370. The molecule has 0 aromatic heterocycles. The van der Waals surface area contributed by atoms with Crippen LogP contribution in [0, 0.1) is 12.3 Å². The Balaban J connectivity index is 1.87. The van der Waals surface area contributed by atoms with Gasteiger partial charge in [0.15, 0.2) is 5.96 Å². The van der Waals surface area contributed by atoms with Gasteiger partial charge in [0.05, 0.1) is 7.11 Å². The van der Waals surface area contributed by atoms with Crippen molar-refractivity contribution < 1.29 is 9.47 Å². The van der Waals surface area contributed by atoms with E-state index in [-0.39, 0.29) is 0 Å². The molecule has 1 fully saturated rings. The summed E-state index contributed by atoms with van der Waals surface area (Å²) in [6.07, 6.45) is 4.97. The molecule has 0 amide bonds. The molecule has 1 aliphatic rings. The number of benzene rings is 1. The van der Waals surface area contributed by atoms with Crippen molar-refractivity contribution in [1.82, 2.24) is 10.6 Å². The average molecular weight is 333 g/mol. The van der Waals surface area contributed by atoms with Crippen LogP contribution in [0.5, 0.6) is 5.75 Å². The smallest absolute Gasteiger partial charge is 0.191 e. The van der Waals surface area contributed by atoms with Crippen LogP contribution in [0.15, 0.2) is 23.2 Å². The third-order valence-electron chi connectivity index (χ3n) is 4.99. The van der Waals surface area contributed by atoms with Crippen molar-refractivity contribution in [3.05, 3.63) is 29.3 Å². The van der Waals surface area contributed by atoms with Crippen LogP contribution in [0.4, 0.5) is 0 Å². The summed E-state index contributed by atoms with van der Waals surface area (Å²) < 4.78 is 10.7. The quantitative estimate of drug-likeness (QED) is 0.567. The second-order valence-corrected chi connectivity index (χ2v) is 6.69. The van der Waals surface area contributed by atoms with E-state index in [4.69, 9.17) is 9.47 Å². The molecule has 2 N–H and O–H groups in total. The number of hydrogen-bond donors (Lipinski definition) is 2. The first kappa shape index (κ1) is 18.6. The lowest BCUT2D eigenvalue weighted by molar-refractivity contribution is 0.0732. The molecule has 0 radical (unpaired) electrons. The molecule has 1 aromatic carbocycles. The van der Waals surface area contributed by atoms with Gasteiger partial charge in [-0.1, -0.05) is 18.6 Å². The summed E-state index contributed by atoms with van der Waals surface area (Å²) in [4.78, 5) is 4.34. The van der Waals surface area contributed by atoms with E-state index < -0.39 is 0 Å². The Morgan fingerprint density at radius 3 is 2.62 bits per heavy atom. The van der Waals surface area contributed by atoms with Crippen LogP contribution in [-0.2, 0) is 11.3 Å². The average Bonchev–Trinajstić information content (AvgIpc) is 2.56. The maximum atomic E-state index is 5.46. The summed E-state index contributed by atoms with van der Waals surface area (Å²) in [5.74, 6) is 1.75. The van der Waals surface area contributed by atoms with Gasteiger partial charge in [-0.15, -0.1) is 0 Å².